The van der Waals surface area contributed by atoms with E-state index >= 15 is 0 Å². The molecule has 1 N–H and O–H groups in total. The van der Waals surface area contributed by atoms with Crippen molar-refractivity contribution in [1.29, 1.82) is 0 Å². The van der Waals surface area contributed by atoms with Crippen molar-refractivity contribution in [3.05, 3.63) is 65.2 Å². The van der Waals surface area contributed by atoms with Gasteiger partial charge in [0.1, 0.15) is 5.75 Å². The van der Waals surface area contributed by atoms with Crippen molar-refractivity contribution >= 4 is 39.1 Å². The molecule has 6 heteroatoms. The first-order valence-corrected chi connectivity index (χ1v) is 8.59. The molecule has 25 heavy (non-hydrogen) atoms. The number of nitrogens with zero attached hydrogens (tertiary/aromatic N) is 1. The van der Waals surface area contributed by atoms with E-state index in [2.05, 4.69) is 27.8 Å². The normalized spacial score (nSPS) is 16.0. The van der Waals surface area contributed by atoms with Crippen LogP contribution in [-0.4, -0.2) is 24.5 Å². The maximum Gasteiger partial charge on any atom is 0.268 e. The molecule has 0 spiro atoms. The van der Waals surface area contributed by atoms with Gasteiger partial charge in [0, 0.05) is 28.3 Å². The summed E-state index contributed by atoms with van der Waals surface area (Å²) >= 11 is 3.35. The molecular formula is C19H17BrN2O3. The van der Waals surface area contributed by atoms with Gasteiger partial charge in [0.2, 0.25) is 0 Å². The second kappa shape index (κ2) is 7.11. The first-order valence-electron chi connectivity index (χ1n) is 7.79. The monoisotopic (exact) mass is 400 g/mol. The number of hydrogen-bond acceptors (Lipinski definition) is 3. The van der Waals surface area contributed by atoms with Gasteiger partial charge in [-0.2, -0.15) is 0 Å². The molecule has 2 aromatic rings. The number of amides is 2. The third-order valence-electron chi connectivity index (χ3n) is 3.82. The first kappa shape index (κ1) is 17.2. The summed E-state index contributed by atoms with van der Waals surface area (Å²) in [6.45, 7) is 5.80. The smallest absolute Gasteiger partial charge is 0.268 e. The quantitative estimate of drug-likeness (QED) is 0.788. The topological polar surface area (TPSA) is 58.6 Å². The number of ether oxygens (including phenoxy) is 1. The summed E-state index contributed by atoms with van der Waals surface area (Å²) in [5.74, 6) is 0.225. The maximum atomic E-state index is 12.4. The van der Waals surface area contributed by atoms with E-state index in [1.807, 2.05) is 6.07 Å². The average molecular weight is 401 g/mol. The van der Waals surface area contributed by atoms with Crippen LogP contribution in [0, 0.1) is 0 Å². The van der Waals surface area contributed by atoms with Crippen molar-refractivity contribution in [2.24, 2.45) is 0 Å². The highest BCUT2D eigenvalue weighted by molar-refractivity contribution is 9.10. The second-order valence-corrected chi connectivity index (χ2v) is 6.56. The van der Waals surface area contributed by atoms with E-state index in [-0.39, 0.29) is 11.8 Å². The molecule has 1 aliphatic rings. The predicted molar refractivity (Wildman–Crippen MR) is 101 cm³/mol. The minimum absolute atomic E-state index is 0.113. The number of halogens is 1. The number of carbonyl (C=O) groups is 2. The summed E-state index contributed by atoms with van der Waals surface area (Å²) in [6.07, 6.45) is 1.09. The molecule has 5 nitrogen and oxygen atoms in total. The minimum atomic E-state index is -0.580. The van der Waals surface area contributed by atoms with Crippen molar-refractivity contribution in [1.82, 2.24) is 0 Å². The molecule has 0 saturated heterocycles. The van der Waals surface area contributed by atoms with Gasteiger partial charge in [-0.05, 0) is 37.3 Å². The fourth-order valence-electron chi connectivity index (χ4n) is 2.64. The number of rotatable bonds is 4. The van der Waals surface area contributed by atoms with Gasteiger partial charge in [-0.25, -0.2) is 0 Å². The first-order chi connectivity index (χ1) is 12.0. The number of nitrogens with one attached hydrogen (secondary N) is 1. The molecular weight excluding hydrogens is 384 g/mol. The Morgan fingerprint density at radius 1 is 1.36 bits per heavy atom. The molecule has 2 amide bonds. The number of fused-ring (bicyclic) bond motifs is 1. The van der Waals surface area contributed by atoms with Gasteiger partial charge in [0.05, 0.1) is 5.69 Å². The molecule has 1 heterocycles. The number of carbonyl (C=O) groups excluding carboxylic acids is 2. The van der Waals surface area contributed by atoms with Crippen molar-refractivity contribution in [2.75, 3.05) is 16.8 Å². The molecule has 0 radical (unpaired) electrons. The van der Waals surface area contributed by atoms with Crippen LogP contribution in [0.3, 0.4) is 0 Å². The van der Waals surface area contributed by atoms with E-state index in [1.54, 1.807) is 54.3 Å². The zero-order chi connectivity index (χ0) is 18.0. The molecule has 128 valence electrons. The molecule has 0 aromatic heterocycles. The van der Waals surface area contributed by atoms with E-state index in [1.165, 1.54) is 0 Å². The highest BCUT2D eigenvalue weighted by atomic mass is 79.9. The highest BCUT2D eigenvalue weighted by Gasteiger charge is 2.30. The molecule has 1 atom stereocenters. The summed E-state index contributed by atoms with van der Waals surface area (Å²) in [7, 11) is 0. The second-order valence-electron chi connectivity index (χ2n) is 5.64. The Bertz CT molecular complexity index is 850. The summed E-state index contributed by atoms with van der Waals surface area (Å²) in [5, 5.41) is 2.85. The van der Waals surface area contributed by atoms with Gasteiger partial charge in [0.25, 0.3) is 11.8 Å². The Hall–Kier alpha value is -2.60. The van der Waals surface area contributed by atoms with E-state index < -0.39 is 6.10 Å². The largest absolute Gasteiger partial charge is 0.479 e. The lowest BCUT2D eigenvalue weighted by molar-refractivity contribution is -0.125. The summed E-state index contributed by atoms with van der Waals surface area (Å²) in [6, 6.07) is 12.4. The molecule has 0 saturated carbocycles. The minimum Gasteiger partial charge on any atom is -0.479 e. The van der Waals surface area contributed by atoms with Crippen molar-refractivity contribution < 1.29 is 14.3 Å². The lowest BCUT2D eigenvalue weighted by Crippen LogP contribution is -2.44. The average Bonchev–Trinajstić information content (AvgIpc) is 2.59. The van der Waals surface area contributed by atoms with Crippen molar-refractivity contribution in [2.45, 2.75) is 13.0 Å². The fraction of sp³-hybridized carbons (Fsp3) is 0.158. The van der Waals surface area contributed by atoms with Gasteiger partial charge in [-0.3, -0.25) is 9.59 Å². The lowest BCUT2D eigenvalue weighted by Gasteiger charge is -2.32. The zero-order valence-corrected chi connectivity index (χ0v) is 15.2. The molecule has 3 rings (SSSR count). The number of anilines is 2. The third kappa shape index (κ3) is 3.58. The number of benzene rings is 2. The Morgan fingerprint density at radius 3 is 2.88 bits per heavy atom. The Kier molecular flexibility index (Phi) is 4.90. The Labute approximate surface area is 154 Å². The van der Waals surface area contributed by atoms with Crippen LogP contribution in [0.4, 0.5) is 11.4 Å². The fourth-order valence-corrected chi connectivity index (χ4v) is 3.04. The Morgan fingerprint density at radius 2 is 2.16 bits per heavy atom. The molecule has 1 aliphatic heterocycles. The SMILES string of the molecule is C=CCN1C(=O)C(C)Oc2cc(NC(=O)c3cccc(Br)c3)ccc21. The van der Waals surface area contributed by atoms with E-state index in [4.69, 9.17) is 4.74 Å². The molecule has 0 bridgehead atoms. The van der Waals surface area contributed by atoms with Gasteiger partial charge in [0.15, 0.2) is 6.10 Å². The van der Waals surface area contributed by atoms with E-state index in [9.17, 15) is 9.59 Å². The van der Waals surface area contributed by atoms with E-state index in [0.29, 0.717) is 29.2 Å². The van der Waals surface area contributed by atoms with Crippen molar-refractivity contribution in [3.8, 4) is 5.75 Å². The lowest BCUT2D eigenvalue weighted by atomic mass is 10.1. The molecule has 0 aliphatic carbocycles. The summed E-state index contributed by atoms with van der Waals surface area (Å²) in [5.41, 5.74) is 1.82. The van der Waals surface area contributed by atoms with Gasteiger partial charge >= 0.3 is 0 Å². The summed E-state index contributed by atoms with van der Waals surface area (Å²) in [4.78, 5) is 26.2. The Balaban J connectivity index is 1.86. The number of hydrogen-bond donors (Lipinski definition) is 1. The highest BCUT2D eigenvalue weighted by Crippen LogP contribution is 2.36. The van der Waals surface area contributed by atoms with Crippen LogP contribution in [0.15, 0.2) is 59.6 Å². The molecule has 2 aromatic carbocycles. The van der Waals surface area contributed by atoms with Crippen LogP contribution < -0.4 is 15.0 Å². The van der Waals surface area contributed by atoms with Gasteiger partial charge in [-0.1, -0.05) is 28.1 Å². The molecule has 1 unspecified atom stereocenters. The summed E-state index contributed by atoms with van der Waals surface area (Å²) < 4.78 is 6.52. The van der Waals surface area contributed by atoms with Crippen LogP contribution >= 0.6 is 15.9 Å². The van der Waals surface area contributed by atoms with Gasteiger partial charge < -0.3 is 15.0 Å². The zero-order valence-electron chi connectivity index (χ0n) is 13.7. The van der Waals surface area contributed by atoms with Crippen LogP contribution in [0.1, 0.15) is 17.3 Å². The van der Waals surface area contributed by atoms with Crippen LogP contribution in [0.5, 0.6) is 5.75 Å². The molecule has 0 fully saturated rings. The standard InChI is InChI=1S/C19H17BrN2O3/c1-3-9-22-16-8-7-15(11-17(16)25-12(2)19(22)24)21-18(23)13-5-4-6-14(20)10-13/h3-8,10-12H,1,9H2,2H3,(H,21,23). The van der Waals surface area contributed by atoms with E-state index in [0.717, 1.165) is 4.47 Å². The van der Waals surface area contributed by atoms with Crippen LogP contribution in [-0.2, 0) is 4.79 Å². The van der Waals surface area contributed by atoms with Crippen LogP contribution in [0.25, 0.3) is 0 Å². The van der Waals surface area contributed by atoms with Gasteiger partial charge in [-0.15, -0.1) is 6.58 Å². The predicted octanol–water partition coefficient (Wildman–Crippen LogP) is 4.00. The van der Waals surface area contributed by atoms with Crippen molar-refractivity contribution in [3.63, 3.8) is 0 Å². The van der Waals surface area contributed by atoms with Crippen LogP contribution in [0.2, 0.25) is 0 Å². The maximum absolute atomic E-state index is 12.4. The third-order valence-corrected chi connectivity index (χ3v) is 4.32.